The normalized spacial score (nSPS) is 12.0. The maximum absolute atomic E-state index is 10.8. The monoisotopic (exact) mass is 265 g/mol. The van der Waals surface area contributed by atoms with Gasteiger partial charge in [-0.25, -0.2) is 0 Å². The molecule has 0 amide bonds. The second-order valence-corrected chi connectivity index (χ2v) is 4.56. The number of nitrogens with zero attached hydrogens (tertiary/aromatic N) is 1. The van der Waals surface area contributed by atoms with Gasteiger partial charge in [-0.1, -0.05) is 6.92 Å². The lowest BCUT2D eigenvalue weighted by molar-refractivity contribution is 0.112. The van der Waals surface area contributed by atoms with E-state index in [1.54, 1.807) is 26.0 Å². The van der Waals surface area contributed by atoms with Gasteiger partial charge in [-0.15, -0.1) is 0 Å². The van der Waals surface area contributed by atoms with Crippen LogP contribution in [0.15, 0.2) is 17.1 Å². The summed E-state index contributed by atoms with van der Waals surface area (Å²) in [5.41, 5.74) is 0.437. The minimum absolute atomic E-state index is 0.148. The van der Waals surface area contributed by atoms with Crippen LogP contribution in [0.4, 0.5) is 0 Å². The quantitative estimate of drug-likeness (QED) is 0.530. The zero-order valence-electron chi connectivity index (χ0n) is 11.1. The van der Waals surface area contributed by atoms with Crippen LogP contribution in [0.5, 0.6) is 5.75 Å². The number of aliphatic hydroxyl groups is 2. The molecule has 19 heavy (non-hydrogen) atoms. The van der Waals surface area contributed by atoms with E-state index < -0.39 is 5.54 Å². The first-order valence-corrected chi connectivity index (χ1v) is 6.07. The fraction of sp³-hybridized carbons (Fsp3) is 0.429. The van der Waals surface area contributed by atoms with Crippen molar-refractivity contribution in [1.82, 2.24) is 0 Å². The Kier molecular flexibility index (Phi) is 5.20. The van der Waals surface area contributed by atoms with Gasteiger partial charge in [0.25, 0.3) is 0 Å². The summed E-state index contributed by atoms with van der Waals surface area (Å²) in [5, 5.41) is 28.5. The fourth-order valence-corrected chi connectivity index (χ4v) is 1.68. The summed E-state index contributed by atoms with van der Waals surface area (Å²) in [4.78, 5) is 15.0. The van der Waals surface area contributed by atoms with Gasteiger partial charge >= 0.3 is 0 Å². The largest absolute Gasteiger partial charge is 0.507 e. The van der Waals surface area contributed by atoms with Crippen molar-refractivity contribution in [2.24, 2.45) is 4.99 Å². The highest BCUT2D eigenvalue weighted by Gasteiger charge is 2.24. The molecule has 5 heteroatoms. The van der Waals surface area contributed by atoms with E-state index in [-0.39, 0.29) is 24.5 Å². The molecule has 104 valence electrons. The summed E-state index contributed by atoms with van der Waals surface area (Å²) in [5.74, 6) is -0.148. The number of phenolic OH excluding ortho intramolecular Hbond substituents is 1. The number of aliphatic imine (C=N–C) groups is 1. The zero-order chi connectivity index (χ0) is 14.5. The van der Waals surface area contributed by atoms with Crippen LogP contribution in [-0.2, 0) is 0 Å². The Labute approximate surface area is 112 Å². The van der Waals surface area contributed by atoms with Gasteiger partial charge in [0.05, 0.1) is 18.8 Å². The van der Waals surface area contributed by atoms with Crippen LogP contribution in [0.3, 0.4) is 0 Å². The van der Waals surface area contributed by atoms with Gasteiger partial charge in [0.2, 0.25) is 0 Å². The van der Waals surface area contributed by atoms with E-state index >= 15 is 0 Å². The Bertz CT molecular complexity index is 470. The van der Waals surface area contributed by atoms with Crippen molar-refractivity contribution >= 4 is 12.5 Å². The van der Waals surface area contributed by atoms with Crippen LogP contribution in [0.1, 0.15) is 34.8 Å². The lowest BCUT2D eigenvalue weighted by Gasteiger charge is -2.23. The summed E-state index contributed by atoms with van der Waals surface area (Å²) in [7, 11) is 0. The molecule has 1 rings (SSSR count). The molecule has 0 aliphatic carbocycles. The van der Waals surface area contributed by atoms with E-state index in [1.807, 2.05) is 0 Å². The van der Waals surface area contributed by atoms with E-state index in [1.165, 1.54) is 6.21 Å². The van der Waals surface area contributed by atoms with Gasteiger partial charge in [-0.05, 0) is 31.0 Å². The molecule has 0 radical (unpaired) electrons. The van der Waals surface area contributed by atoms with Crippen molar-refractivity contribution in [3.63, 3.8) is 0 Å². The average Bonchev–Trinajstić information content (AvgIpc) is 2.44. The maximum Gasteiger partial charge on any atom is 0.153 e. The minimum Gasteiger partial charge on any atom is -0.507 e. The van der Waals surface area contributed by atoms with Crippen molar-refractivity contribution in [2.75, 3.05) is 13.2 Å². The van der Waals surface area contributed by atoms with E-state index in [0.717, 1.165) is 5.56 Å². The molecule has 0 unspecified atom stereocenters. The minimum atomic E-state index is -0.961. The highest BCUT2D eigenvalue weighted by Crippen LogP contribution is 2.23. The summed E-state index contributed by atoms with van der Waals surface area (Å²) in [6, 6.07) is 3.26. The number of phenols is 1. The number of hydrogen-bond donors (Lipinski definition) is 3. The van der Waals surface area contributed by atoms with Crippen molar-refractivity contribution in [1.29, 1.82) is 0 Å². The molecule has 0 aromatic heterocycles. The number of rotatable bonds is 6. The molecule has 0 saturated carbocycles. The van der Waals surface area contributed by atoms with Gasteiger partial charge in [0.1, 0.15) is 11.3 Å². The molecular formula is C14H19NO4. The molecule has 0 fully saturated rings. The Balaban J connectivity index is 3.18. The molecule has 0 spiro atoms. The standard InChI is InChI=1S/C14H19NO4/c1-3-14(8-17,9-18)15-6-11-4-10(2)5-12(7-16)13(11)19/h4-7,17-19H,3,8-9H2,1-2H3. The lowest BCUT2D eigenvalue weighted by atomic mass is 9.99. The first-order valence-electron chi connectivity index (χ1n) is 6.07. The second kappa shape index (κ2) is 6.45. The summed E-state index contributed by atoms with van der Waals surface area (Å²) in [6.45, 7) is 3.03. The third-order valence-corrected chi connectivity index (χ3v) is 3.16. The number of aldehydes is 1. The summed E-state index contributed by atoms with van der Waals surface area (Å²) < 4.78 is 0. The van der Waals surface area contributed by atoms with Crippen LogP contribution in [0.25, 0.3) is 0 Å². The Morgan fingerprint density at radius 1 is 1.26 bits per heavy atom. The first-order chi connectivity index (χ1) is 9.01. The molecule has 0 heterocycles. The molecule has 1 aromatic rings. The average molecular weight is 265 g/mol. The van der Waals surface area contributed by atoms with Crippen LogP contribution >= 0.6 is 0 Å². The Morgan fingerprint density at radius 2 is 1.84 bits per heavy atom. The molecule has 0 aliphatic heterocycles. The van der Waals surface area contributed by atoms with Gasteiger partial charge in [-0.3, -0.25) is 9.79 Å². The third kappa shape index (κ3) is 3.39. The number of hydrogen-bond acceptors (Lipinski definition) is 5. The number of benzene rings is 1. The smallest absolute Gasteiger partial charge is 0.153 e. The molecule has 5 nitrogen and oxygen atoms in total. The number of aliphatic hydroxyl groups excluding tert-OH is 2. The number of aromatic hydroxyl groups is 1. The van der Waals surface area contributed by atoms with Crippen molar-refractivity contribution in [2.45, 2.75) is 25.8 Å². The first kappa shape index (κ1) is 15.3. The highest BCUT2D eigenvalue weighted by molar-refractivity contribution is 5.90. The van der Waals surface area contributed by atoms with Crippen molar-refractivity contribution in [3.8, 4) is 5.75 Å². The zero-order valence-corrected chi connectivity index (χ0v) is 11.1. The summed E-state index contributed by atoms with van der Waals surface area (Å²) in [6.07, 6.45) is 2.42. The Morgan fingerprint density at radius 3 is 2.32 bits per heavy atom. The molecule has 0 atom stereocenters. The van der Waals surface area contributed by atoms with Crippen LogP contribution in [0, 0.1) is 6.92 Å². The van der Waals surface area contributed by atoms with Crippen molar-refractivity contribution in [3.05, 3.63) is 28.8 Å². The van der Waals surface area contributed by atoms with E-state index in [2.05, 4.69) is 4.99 Å². The van der Waals surface area contributed by atoms with Gasteiger partial charge in [-0.2, -0.15) is 0 Å². The maximum atomic E-state index is 10.8. The molecule has 1 aromatic carbocycles. The Hall–Kier alpha value is -1.72. The number of carbonyl (C=O) groups excluding carboxylic acids is 1. The predicted octanol–water partition coefficient (Wildman–Crippen LogP) is 1.07. The fourth-order valence-electron chi connectivity index (χ4n) is 1.68. The van der Waals surface area contributed by atoms with E-state index in [0.29, 0.717) is 18.3 Å². The molecule has 3 N–H and O–H groups in total. The molecule has 0 aliphatic rings. The van der Waals surface area contributed by atoms with Gasteiger partial charge < -0.3 is 15.3 Å². The van der Waals surface area contributed by atoms with E-state index in [4.69, 9.17) is 0 Å². The van der Waals surface area contributed by atoms with Gasteiger partial charge in [0.15, 0.2) is 6.29 Å². The molecule has 0 bridgehead atoms. The topological polar surface area (TPSA) is 90.1 Å². The van der Waals surface area contributed by atoms with Crippen LogP contribution in [0.2, 0.25) is 0 Å². The number of carbonyl (C=O) groups is 1. The van der Waals surface area contributed by atoms with Crippen molar-refractivity contribution < 1.29 is 20.1 Å². The molecular weight excluding hydrogens is 246 g/mol. The summed E-state index contributed by atoms with van der Waals surface area (Å²) >= 11 is 0. The lowest BCUT2D eigenvalue weighted by Crippen LogP contribution is -2.34. The predicted molar refractivity (Wildman–Crippen MR) is 73.0 cm³/mol. The highest BCUT2D eigenvalue weighted by atomic mass is 16.3. The third-order valence-electron chi connectivity index (χ3n) is 3.16. The van der Waals surface area contributed by atoms with Crippen LogP contribution < -0.4 is 0 Å². The van der Waals surface area contributed by atoms with E-state index in [9.17, 15) is 20.1 Å². The number of aryl methyl sites for hydroxylation is 1. The SMILES string of the molecule is CCC(CO)(CO)N=Cc1cc(C)cc(C=O)c1O. The van der Waals surface area contributed by atoms with Gasteiger partial charge in [0, 0.05) is 11.8 Å². The second-order valence-electron chi connectivity index (χ2n) is 4.56. The molecule has 0 saturated heterocycles. The van der Waals surface area contributed by atoms with Crippen LogP contribution in [-0.4, -0.2) is 46.6 Å².